The van der Waals surface area contributed by atoms with E-state index in [-0.39, 0.29) is 11.8 Å². The number of nitrogens with one attached hydrogen (secondary N) is 1. The molecule has 0 aliphatic carbocycles. The fourth-order valence-corrected chi connectivity index (χ4v) is 4.01. The van der Waals surface area contributed by atoms with E-state index in [0.29, 0.717) is 35.0 Å². The second-order valence-corrected chi connectivity index (χ2v) is 7.36. The van der Waals surface area contributed by atoms with Gasteiger partial charge in [-0.1, -0.05) is 24.3 Å². The highest BCUT2D eigenvalue weighted by Crippen LogP contribution is 2.33. The minimum absolute atomic E-state index is 0.00100. The van der Waals surface area contributed by atoms with Crippen molar-refractivity contribution in [1.29, 1.82) is 0 Å². The van der Waals surface area contributed by atoms with E-state index in [9.17, 15) is 9.59 Å². The van der Waals surface area contributed by atoms with Crippen molar-refractivity contribution < 1.29 is 14.3 Å². The summed E-state index contributed by atoms with van der Waals surface area (Å²) in [6, 6.07) is 16.6. The molecular formula is C22H20N2O3S. The number of fused-ring (bicyclic) bond motifs is 1. The van der Waals surface area contributed by atoms with Gasteiger partial charge in [-0.2, -0.15) is 0 Å². The quantitative estimate of drug-likeness (QED) is 0.690. The third kappa shape index (κ3) is 3.51. The van der Waals surface area contributed by atoms with Gasteiger partial charge in [0.15, 0.2) is 0 Å². The van der Waals surface area contributed by atoms with Crippen LogP contribution in [0.1, 0.15) is 32.5 Å². The number of rotatable bonds is 5. The summed E-state index contributed by atoms with van der Waals surface area (Å²) in [5.74, 6) is 0.315. The molecule has 4 rings (SSSR count). The van der Waals surface area contributed by atoms with Gasteiger partial charge in [0, 0.05) is 17.9 Å². The first kappa shape index (κ1) is 18.3. The van der Waals surface area contributed by atoms with E-state index in [1.165, 1.54) is 11.3 Å². The lowest BCUT2D eigenvalue weighted by Gasteiger charge is -2.17. The molecular weight excluding hydrogens is 372 g/mol. The molecule has 1 aromatic heterocycles. The Morgan fingerprint density at radius 2 is 2.00 bits per heavy atom. The first-order valence-electron chi connectivity index (χ1n) is 9.19. The molecule has 1 aliphatic heterocycles. The lowest BCUT2D eigenvalue weighted by molar-refractivity contribution is 0.0991. The first-order chi connectivity index (χ1) is 13.7. The first-order valence-corrected chi connectivity index (χ1v) is 10.1. The van der Waals surface area contributed by atoms with Gasteiger partial charge in [0.05, 0.1) is 17.0 Å². The Hall–Kier alpha value is -3.12. The van der Waals surface area contributed by atoms with E-state index in [2.05, 4.69) is 5.32 Å². The Balaban J connectivity index is 1.57. The van der Waals surface area contributed by atoms with Crippen molar-refractivity contribution in [3.63, 3.8) is 0 Å². The zero-order valence-electron chi connectivity index (χ0n) is 15.5. The molecule has 0 radical (unpaired) electrons. The minimum atomic E-state index is -0.238. The van der Waals surface area contributed by atoms with E-state index in [1.54, 1.807) is 17.0 Å². The Morgan fingerprint density at radius 3 is 2.79 bits per heavy atom. The Labute approximate surface area is 167 Å². The summed E-state index contributed by atoms with van der Waals surface area (Å²) in [6.45, 7) is 3.02. The number of carbonyl (C=O) groups excluding carboxylic acids is 2. The zero-order chi connectivity index (χ0) is 19.5. The molecule has 5 nitrogen and oxygen atoms in total. The number of thiophene rings is 1. The fourth-order valence-electron chi connectivity index (χ4n) is 3.34. The smallest absolute Gasteiger partial charge is 0.268 e. The molecule has 1 aliphatic rings. The number of benzene rings is 2. The van der Waals surface area contributed by atoms with Crippen LogP contribution in [-0.2, 0) is 6.42 Å². The number of para-hydroxylation sites is 1. The third-order valence-corrected chi connectivity index (χ3v) is 5.51. The minimum Gasteiger partial charge on any atom is -0.493 e. The van der Waals surface area contributed by atoms with E-state index < -0.39 is 0 Å². The highest BCUT2D eigenvalue weighted by Gasteiger charge is 2.26. The average Bonchev–Trinajstić information content (AvgIpc) is 3.38. The number of amides is 2. The number of carbonyl (C=O) groups is 2. The third-order valence-electron chi connectivity index (χ3n) is 4.65. The van der Waals surface area contributed by atoms with Gasteiger partial charge in [0.2, 0.25) is 0 Å². The van der Waals surface area contributed by atoms with Crippen LogP contribution >= 0.6 is 11.3 Å². The van der Waals surface area contributed by atoms with E-state index in [1.807, 2.05) is 54.8 Å². The zero-order valence-corrected chi connectivity index (χ0v) is 16.3. The maximum absolute atomic E-state index is 12.8. The molecule has 28 heavy (non-hydrogen) atoms. The van der Waals surface area contributed by atoms with Crippen molar-refractivity contribution in [3.05, 3.63) is 76.0 Å². The molecule has 2 amide bonds. The average molecular weight is 392 g/mol. The van der Waals surface area contributed by atoms with E-state index in [0.717, 1.165) is 17.7 Å². The molecule has 0 unspecified atom stereocenters. The molecule has 2 aromatic carbocycles. The molecule has 0 spiro atoms. The van der Waals surface area contributed by atoms with Crippen molar-refractivity contribution in [2.45, 2.75) is 13.3 Å². The Morgan fingerprint density at radius 1 is 1.14 bits per heavy atom. The molecule has 6 heteroatoms. The lowest BCUT2D eigenvalue weighted by atomic mass is 10.1. The molecule has 0 fully saturated rings. The van der Waals surface area contributed by atoms with Crippen LogP contribution < -0.4 is 15.0 Å². The predicted molar refractivity (Wildman–Crippen MR) is 112 cm³/mol. The van der Waals surface area contributed by atoms with Gasteiger partial charge < -0.3 is 15.0 Å². The second-order valence-electron chi connectivity index (χ2n) is 6.41. The van der Waals surface area contributed by atoms with E-state index in [4.69, 9.17) is 4.74 Å². The normalized spacial score (nSPS) is 12.5. The highest BCUT2D eigenvalue weighted by atomic mass is 32.1. The molecule has 0 bridgehead atoms. The largest absolute Gasteiger partial charge is 0.493 e. The summed E-state index contributed by atoms with van der Waals surface area (Å²) in [7, 11) is 0. The van der Waals surface area contributed by atoms with Crippen molar-refractivity contribution in [1.82, 2.24) is 0 Å². The lowest BCUT2D eigenvalue weighted by Crippen LogP contribution is -2.28. The molecule has 2 heterocycles. The van der Waals surface area contributed by atoms with Crippen molar-refractivity contribution in [2.75, 3.05) is 23.4 Å². The van der Waals surface area contributed by atoms with Gasteiger partial charge in [-0.05, 0) is 54.6 Å². The summed E-state index contributed by atoms with van der Waals surface area (Å²) in [5.41, 5.74) is 3.10. The van der Waals surface area contributed by atoms with Crippen LogP contribution in [0.25, 0.3) is 0 Å². The monoisotopic (exact) mass is 392 g/mol. The molecule has 0 saturated carbocycles. The van der Waals surface area contributed by atoms with Gasteiger partial charge in [0.1, 0.15) is 5.75 Å². The molecule has 0 saturated heterocycles. The molecule has 1 N–H and O–H groups in total. The topological polar surface area (TPSA) is 58.6 Å². The summed E-state index contributed by atoms with van der Waals surface area (Å²) >= 11 is 1.44. The second kappa shape index (κ2) is 7.86. The summed E-state index contributed by atoms with van der Waals surface area (Å²) in [4.78, 5) is 28.0. The van der Waals surface area contributed by atoms with Crippen molar-refractivity contribution >= 4 is 34.5 Å². The number of hydrogen-bond acceptors (Lipinski definition) is 4. The number of hydrogen-bond donors (Lipinski definition) is 1. The molecule has 142 valence electrons. The predicted octanol–water partition coefficient (Wildman–Crippen LogP) is 4.60. The van der Waals surface area contributed by atoms with Gasteiger partial charge in [0.25, 0.3) is 11.8 Å². The SMILES string of the molecule is CCOc1ccccc1C(=O)Nc1ccc2c(c1)N(C(=O)c1cccs1)CC2. The van der Waals surface area contributed by atoms with Crippen molar-refractivity contribution in [3.8, 4) is 5.75 Å². The van der Waals surface area contributed by atoms with Crippen LogP contribution in [0.2, 0.25) is 0 Å². The van der Waals surface area contributed by atoms with Crippen LogP contribution in [0.5, 0.6) is 5.75 Å². The maximum Gasteiger partial charge on any atom is 0.268 e. The summed E-state index contributed by atoms with van der Waals surface area (Å²) < 4.78 is 5.55. The Kier molecular flexibility index (Phi) is 5.12. The maximum atomic E-state index is 12.8. The molecule has 0 atom stereocenters. The highest BCUT2D eigenvalue weighted by molar-refractivity contribution is 7.12. The summed E-state index contributed by atoms with van der Waals surface area (Å²) in [6.07, 6.45) is 0.813. The standard InChI is InChI=1S/C22H20N2O3S/c1-2-27-19-7-4-3-6-17(19)21(25)23-16-10-9-15-11-12-24(18(15)14-16)22(26)20-8-5-13-28-20/h3-10,13-14H,2,11-12H2,1H3,(H,23,25). The van der Waals surface area contributed by atoms with Crippen LogP contribution in [0.4, 0.5) is 11.4 Å². The van der Waals surface area contributed by atoms with Crippen LogP contribution in [0.15, 0.2) is 60.0 Å². The van der Waals surface area contributed by atoms with E-state index >= 15 is 0 Å². The molecule has 3 aromatic rings. The number of nitrogens with zero attached hydrogens (tertiary/aromatic N) is 1. The van der Waals surface area contributed by atoms with Crippen molar-refractivity contribution in [2.24, 2.45) is 0 Å². The van der Waals surface area contributed by atoms with Gasteiger partial charge in [-0.15, -0.1) is 11.3 Å². The van der Waals surface area contributed by atoms with Gasteiger partial charge in [-0.25, -0.2) is 0 Å². The van der Waals surface area contributed by atoms with Crippen LogP contribution in [0.3, 0.4) is 0 Å². The Bertz CT molecular complexity index is 1010. The number of anilines is 2. The fraction of sp³-hybridized carbons (Fsp3) is 0.182. The summed E-state index contributed by atoms with van der Waals surface area (Å²) in [5, 5.41) is 4.83. The van der Waals surface area contributed by atoms with Crippen LogP contribution in [0, 0.1) is 0 Å². The van der Waals surface area contributed by atoms with Crippen LogP contribution in [-0.4, -0.2) is 25.0 Å². The van der Waals surface area contributed by atoms with Gasteiger partial charge in [-0.3, -0.25) is 9.59 Å². The number of ether oxygens (including phenoxy) is 1. The van der Waals surface area contributed by atoms with Gasteiger partial charge >= 0.3 is 0 Å².